The summed E-state index contributed by atoms with van der Waals surface area (Å²) in [6.45, 7) is 3.18. The van der Waals surface area contributed by atoms with Crippen LogP contribution >= 0.6 is 0 Å². The summed E-state index contributed by atoms with van der Waals surface area (Å²) in [5.74, 6) is 2.59. The van der Waals surface area contributed by atoms with E-state index in [0.717, 1.165) is 37.2 Å². The highest BCUT2D eigenvalue weighted by molar-refractivity contribution is 5.95. The van der Waals surface area contributed by atoms with Crippen LogP contribution in [-0.2, 0) is 5.41 Å². The van der Waals surface area contributed by atoms with E-state index in [-0.39, 0.29) is 11.3 Å². The molecular formula is C22H24N4O3. The highest BCUT2D eigenvalue weighted by Crippen LogP contribution is 2.46. The number of carbonyl (C=O) groups excluding carboxylic acids is 1. The van der Waals surface area contributed by atoms with Crippen molar-refractivity contribution in [2.75, 3.05) is 13.1 Å². The lowest BCUT2D eigenvalue weighted by molar-refractivity contribution is 0.0605. The van der Waals surface area contributed by atoms with Crippen molar-refractivity contribution in [3.05, 3.63) is 54.0 Å². The maximum atomic E-state index is 13.1. The zero-order valence-corrected chi connectivity index (χ0v) is 16.5. The predicted molar refractivity (Wildman–Crippen MR) is 105 cm³/mol. The molecule has 0 N–H and O–H groups in total. The number of piperidine rings is 1. The number of aryl methyl sites for hydroxylation is 1. The van der Waals surface area contributed by atoms with Gasteiger partial charge in [0.05, 0.1) is 17.2 Å². The Labute approximate surface area is 169 Å². The van der Waals surface area contributed by atoms with Crippen LogP contribution in [0.5, 0.6) is 0 Å². The maximum absolute atomic E-state index is 13.1. The van der Waals surface area contributed by atoms with Crippen LogP contribution in [0.3, 0.4) is 0 Å². The minimum Gasteiger partial charge on any atom is -0.469 e. The van der Waals surface area contributed by atoms with Crippen molar-refractivity contribution in [3.8, 4) is 11.5 Å². The van der Waals surface area contributed by atoms with Gasteiger partial charge in [0.15, 0.2) is 5.82 Å². The molecule has 0 bridgehead atoms. The summed E-state index contributed by atoms with van der Waals surface area (Å²) in [4.78, 5) is 23.9. The van der Waals surface area contributed by atoms with Gasteiger partial charge < -0.3 is 13.8 Å². The molecule has 29 heavy (non-hydrogen) atoms. The van der Waals surface area contributed by atoms with Crippen molar-refractivity contribution in [2.45, 2.75) is 44.4 Å². The number of carbonyl (C=O) groups is 1. The van der Waals surface area contributed by atoms with E-state index in [1.165, 1.54) is 12.8 Å². The molecule has 5 rings (SSSR count). The number of rotatable bonds is 5. The zero-order chi connectivity index (χ0) is 19.8. The first kappa shape index (κ1) is 18.1. The Bertz CT molecular complexity index is 1010. The average molecular weight is 392 g/mol. The van der Waals surface area contributed by atoms with E-state index in [4.69, 9.17) is 13.9 Å². The first-order valence-electron chi connectivity index (χ1n) is 10.2. The molecule has 0 aromatic carbocycles. The molecule has 1 saturated carbocycles. The van der Waals surface area contributed by atoms with Gasteiger partial charge in [0, 0.05) is 31.0 Å². The van der Waals surface area contributed by atoms with Gasteiger partial charge in [0.2, 0.25) is 0 Å². The van der Waals surface area contributed by atoms with Gasteiger partial charge in [0.1, 0.15) is 5.76 Å². The molecule has 1 unspecified atom stereocenters. The molecule has 1 aliphatic carbocycles. The summed E-state index contributed by atoms with van der Waals surface area (Å²) in [6.07, 6.45) is 10.4. The molecule has 7 heteroatoms. The van der Waals surface area contributed by atoms with Gasteiger partial charge in [-0.05, 0) is 50.3 Å². The molecule has 2 fully saturated rings. The fourth-order valence-corrected chi connectivity index (χ4v) is 4.45. The maximum Gasteiger partial charge on any atom is 0.258 e. The van der Waals surface area contributed by atoms with Crippen molar-refractivity contribution in [2.24, 2.45) is 5.92 Å². The Morgan fingerprint density at radius 3 is 2.83 bits per heavy atom. The van der Waals surface area contributed by atoms with Gasteiger partial charge in [-0.3, -0.25) is 9.78 Å². The highest BCUT2D eigenvalue weighted by atomic mass is 16.5. The normalized spacial score (nSPS) is 22.0. The van der Waals surface area contributed by atoms with Gasteiger partial charge in [-0.25, -0.2) is 0 Å². The molecule has 1 atom stereocenters. The summed E-state index contributed by atoms with van der Waals surface area (Å²) in [5.41, 5.74) is 1.23. The predicted octanol–water partition coefficient (Wildman–Crippen LogP) is 4.01. The first-order valence-corrected chi connectivity index (χ1v) is 10.2. The Morgan fingerprint density at radius 2 is 2.10 bits per heavy atom. The van der Waals surface area contributed by atoms with E-state index in [1.807, 2.05) is 24.0 Å². The lowest BCUT2D eigenvalue weighted by Gasteiger charge is -2.41. The van der Waals surface area contributed by atoms with Crippen LogP contribution in [0.15, 0.2) is 45.8 Å². The third-order valence-electron chi connectivity index (χ3n) is 6.16. The van der Waals surface area contributed by atoms with E-state index in [9.17, 15) is 4.79 Å². The lowest BCUT2D eigenvalue weighted by Crippen LogP contribution is -2.49. The van der Waals surface area contributed by atoms with Crippen LogP contribution in [0.1, 0.15) is 54.0 Å². The molecular weight excluding hydrogens is 368 g/mol. The zero-order valence-electron chi connectivity index (χ0n) is 16.5. The van der Waals surface area contributed by atoms with Gasteiger partial charge >= 0.3 is 0 Å². The quantitative estimate of drug-likeness (QED) is 0.652. The van der Waals surface area contributed by atoms with Crippen molar-refractivity contribution < 1.29 is 13.7 Å². The van der Waals surface area contributed by atoms with E-state index in [1.54, 1.807) is 24.7 Å². The number of hydrogen-bond acceptors (Lipinski definition) is 6. The SMILES string of the molecule is Cc1occc1C(=O)N1CCCC(CC2CC2)(c2noc(-c3ccncc3)n2)C1. The molecule has 1 aliphatic heterocycles. The summed E-state index contributed by atoms with van der Waals surface area (Å²) >= 11 is 0. The van der Waals surface area contributed by atoms with Crippen molar-refractivity contribution in [1.82, 2.24) is 20.0 Å². The van der Waals surface area contributed by atoms with Crippen LogP contribution in [-0.4, -0.2) is 39.0 Å². The van der Waals surface area contributed by atoms with Crippen LogP contribution < -0.4 is 0 Å². The number of hydrogen-bond donors (Lipinski definition) is 0. The standard InChI is InChI=1S/C22H24N4O3/c1-15-18(7-12-28-15)20(27)26-11-2-8-22(14-26,13-16-3-4-16)21-24-19(29-25-21)17-5-9-23-10-6-17/h5-7,9-10,12,16H,2-4,8,11,13-14H2,1H3. The first-order chi connectivity index (χ1) is 14.1. The molecule has 1 saturated heterocycles. The Morgan fingerprint density at radius 1 is 1.28 bits per heavy atom. The number of furan rings is 1. The fraction of sp³-hybridized carbons (Fsp3) is 0.455. The van der Waals surface area contributed by atoms with Crippen molar-refractivity contribution in [3.63, 3.8) is 0 Å². The molecule has 2 aliphatic rings. The van der Waals surface area contributed by atoms with Crippen molar-refractivity contribution >= 4 is 5.91 Å². The van der Waals surface area contributed by atoms with E-state index in [2.05, 4.69) is 10.1 Å². The fourth-order valence-electron chi connectivity index (χ4n) is 4.45. The third-order valence-corrected chi connectivity index (χ3v) is 6.16. The molecule has 4 heterocycles. The van der Waals surface area contributed by atoms with Gasteiger partial charge in [-0.1, -0.05) is 18.0 Å². The minimum absolute atomic E-state index is 0.0222. The molecule has 7 nitrogen and oxygen atoms in total. The highest BCUT2D eigenvalue weighted by Gasteiger charge is 2.46. The molecule has 1 amide bonds. The summed E-state index contributed by atoms with van der Waals surface area (Å²) in [6, 6.07) is 5.48. The molecule has 3 aromatic rings. The van der Waals surface area contributed by atoms with E-state index < -0.39 is 0 Å². The Hall–Kier alpha value is -2.96. The number of pyridine rings is 1. The minimum atomic E-state index is -0.262. The molecule has 0 spiro atoms. The number of nitrogens with zero attached hydrogens (tertiary/aromatic N) is 4. The van der Waals surface area contributed by atoms with Crippen LogP contribution in [0.4, 0.5) is 0 Å². The van der Waals surface area contributed by atoms with Crippen molar-refractivity contribution in [1.29, 1.82) is 0 Å². The topological polar surface area (TPSA) is 85.3 Å². The second kappa shape index (κ2) is 7.13. The number of aromatic nitrogens is 3. The summed E-state index contributed by atoms with van der Waals surface area (Å²) in [7, 11) is 0. The van der Waals surface area contributed by atoms with Gasteiger partial charge in [-0.15, -0.1) is 0 Å². The second-order valence-electron chi connectivity index (χ2n) is 8.31. The third kappa shape index (κ3) is 3.45. The molecule has 3 aromatic heterocycles. The molecule has 150 valence electrons. The Balaban J connectivity index is 1.46. The monoisotopic (exact) mass is 392 g/mol. The van der Waals surface area contributed by atoms with E-state index >= 15 is 0 Å². The van der Waals surface area contributed by atoms with Gasteiger partial charge in [0.25, 0.3) is 11.8 Å². The van der Waals surface area contributed by atoms with E-state index in [0.29, 0.717) is 29.7 Å². The molecule has 0 radical (unpaired) electrons. The van der Waals surface area contributed by atoms with Crippen LogP contribution in [0.25, 0.3) is 11.5 Å². The lowest BCUT2D eigenvalue weighted by atomic mass is 9.74. The second-order valence-corrected chi connectivity index (χ2v) is 8.31. The number of likely N-dealkylation sites (tertiary alicyclic amines) is 1. The summed E-state index contributed by atoms with van der Waals surface area (Å²) < 4.78 is 11.0. The largest absolute Gasteiger partial charge is 0.469 e. The number of amides is 1. The average Bonchev–Trinajstić information content (AvgIpc) is 3.24. The van der Waals surface area contributed by atoms with Crippen LogP contribution in [0.2, 0.25) is 0 Å². The smallest absolute Gasteiger partial charge is 0.258 e. The summed E-state index contributed by atoms with van der Waals surface area (Å²) in [5, 5.41) is 4.38. The Kier molecular flexibility index (Phi) is 4.45. The van der Waals surface area contributed by atoms with Gasteiger partial charge in [-0.2, -0.15) is 4.98 Å². The van der Waals surface area contributed by atoms with Crippen LogP contribution in [0, 0.1) is 12.8 Å².